The highest BCUT2D eigenvalue weighted by Gasteiger charge is 2.35. The molecule has 100 valence electrons. The van der Waals surface area contributed by atoms with Crippen LogP contribution in [-0.4, -0.2) is 27.5 Å². The minimum atomic E-state index is -4.58. The Morgan fingerprint density at radius 2 is 1.94 bits per heavy atom. The summed E-state index contributed by atoms with van der Waals surface area (Å²) in [7, 11) is 0. The van der Waals surface area contributed by atoms with Crippen molar-refractivity contribution in [1.29, 1.82) is 0 Å². The zero-order chi connectivity index (χ0) is 13.2. The number of hydrogen-bond acceptors (Lipinski definition) is 4. The number of rotatable bonds is 2. The Morgan fingerprint density at radius 1 is 1.28 bits per heavy atom. The zero-order valence-electron chi connectivity index (χ0n) is 9.30. The minimum Gasteiger partial charge on any atom is -0.367 e. The molecule has 1 aromatic heterocycles. The van der Waals surface area contributed by atoms with E-state index in [4.69, 9.17) is 11.6 Å². The van der Waals surface area contributed by atoms with E-state index in [9.17, 15) is 13.2 Å². The van der Waals surface area contributed by atoms with Crippen molar-refractivity contribution < 1.29 is 13.2 Å². The normalized spacial score (nSPS) is 17.8. The van der Waals surface area contributed by atoms with E-state index in [1.165, 1.54) is 6.07 Å². The lowest BCUT2D eigenvalue weighted by atomic mass is 10.1. The predicted molar refractivity (Wildman–Crippen MR) is 66.0 cm³/mol. The molecule has 0 spiro atoms. The average molecular weight is 298 g/mol. The first-order chi connectivity index (χ1) is 8.45. The van der Waals surface area contributed by atoms with E-state index in [2.05, 4.69) is 15.3 Å². The van der Waals surface area contributed by atoms with E-state index in [1.54, 1.807) is 0 Å². The van der Waals surface area contributed by atoms with Gasteiger partial charge in [0.2, 0.25) is 5.82 Å². The van der Waals surface area contributed by atoms with Crippen molar-refractivity contribution in [2.75, 3.05) is 16.8 Å². The number of halogens is 4. The molecule has 0 aliphatic carbocycles. The van der Waals surface area contributed by atoms with Crippen LogP contribution in [0.25, 0.3) is 0 Å². The van der Waals surface area contributed by atoms with E-state index in [1.807, 2.05) is 11.8 Å². The lowest BCUT2D eigenvalue weighted by molar-refractivity contribution is -0.144. The molecule has 8 heteroatoms. The molecule has 1 aliphatic rings. The Morgan fingerprint density at radius 3 is 2.56 bits per heavy atom. The minimum absolute atomic E-state index is 0.138. The van der Waals surface area contributed by atoms with Gasteiger partial charge < -0.3 is 5.32 Å². The summed E-state index contributed by atoms with van der Waals surface area (Å²) in [5, 5.41) is 2.78. The Bertz CT molecular complexity index is 421. The SMILES string of the molecule is FC(F)(F)c1nc(Cl)cc(NC2CCSCC2)n1. The molecule has 18 heavy (non-hydrogen) atoms. The highest BCUT2D eigenvalue weighted by molar-refractivity contribution is 7.99. The average Bonchev–Trinajstić information content (AvgIpc) is 2.28. The van der Waals surface area contributed by atoms with Crippen molar-refractivity contribution in [2.45, 2.75) is 25.1 Å². The third-order valence-electron chi connectivity index (χ3n) is 2.52. The van der Waals surface area contributed by atoms with Crippen LogP contribution in [0.2, 0.25) is 5.15 Å². The lowest BCUT2D eigenvalue weighted by Gasteiger charge is -2.23. The Labute approximate surface area is 112 Å². The van der Waals surface area contributed by atoms with Crippen LogP contribution in [0, 0.1) is 0 Å². The second kappa shape index (κ2) is 5.52. The molecule has 1 fully saturated rings. The van der Waals surface area contributed by atoms with Gasteiger partial charge in [-0.15, -0.1) is 0 Å². The lowest BCUT2D eigenvalue weighted by Crippen LogP contribution is -2.25. The molecule has 3 nitrogen and oxygen atoms in total. The van der Waals surface area contributed by atoms with Crippen LogP contribution < -0.4 is 5.32 Å². The van der Waals surface area contributed by atoms with Gasteiger partial charge in [-0.05, 0) is 24.3 Å². The molecule has 0 aromatic carbocycles. The van der Waals surface area contributed by atoms with E-state index in [0.29, 0.717) is 0 Å². The summed E-state index contributed by atoms with van der Waals surface area (Å²) >= 11 is 7.42. The smallest absolute Gasteiger partial charge is 0.367 e. The quantitative estimate of drug-likeness (QED) is 0.849. The fourth-order valence-electron chi connectivity index (χ4n) is 1.67. The number of thioether (sulfide) groups is 1. The number of anilines is 1. The summed E-state index contributed by atoms with van der Waals surface area (Å²) in [6.07, 6.45) is -2.76. The standard InChI is InChI=1S/C10H11ClF3N3S/c11-7-5-8(15-6-1-3-18-4-2-6)17-9(16-7)10(12,13)14/h5-6H,1-4H2,(H,15,16,17). The van der Waals surface area contributed by atoms with Crippen molar-refractivity contribution in [3.63, 3.8) is 0 Å². The first-order valence-electron chi connectivity index (χ1n) is 5.41. The van der Waals surface area contributed by atoms with Crippen molar-refractivity contribution in [2.24, 2.45) is 0 Å². The third kappa shape index (κ3) is 3.65. The van der Waals surface area contributed by atoms with E-state index in [0.717, 1.165) is 24.3 Å². The molecular weight excluding hydrogens is 287 g/mol. The third-order valence-corrected chi connectivity index (χ3v) is 3.76. The van der Waals surface area contributed by atoms with Gasteiger partial charge in [-0.2, -0.15) is 24.9 Å². The summed E-state index contributed by atoms with van der Waals surface area (Å²) in [5.74, 6) is 0.938. The molecule has 0 bridgehead atoms. The monoisotopic (exact) mass is 297 g/mol. The summed E-state index contributed by atoms with van der Waals surface area (Å²) in [6, 6.07) is 1.47. The molecule has 2 heterocycles. The van der Waals surface area contributed by atoms with Crippen LogP contribution in [0.4, 0.5) is 19.0 Å². The van der Waals surface area contributed by atoms with Crippen LogP contribution in [0.1, 0.15) is 18.7 Å². The number of hydrogen-bond donors (Lipinski definition) is 1. The Hall–Kier alpha value is -0.690. The summed E-state index contributed by atoms with van der Waals surface area (Å²) in [5.41, 5.74) is 0. The van der Waals surface area contributed by atoms with Crippen molar-refractivity contribution in [3.05, 3.63) is 17.0 Å². The van der Waals surface area contributed by atoms with E-state index < -0.39 is 12.0 Å². The Kier molecular flexibility index (Phi) is 4.21. The molecule has 1 aromatic rings. The van der Waals surface area contributed by atoms with Gasteiger partial charge in [0.15, 0.2) is 0 Å². The van der Waals surface area contributed by atoms with Gasteiger partial charge in [-0.3, -0.25) is 0 Å². The molecule has 1 aliphatic heterocycles. The summed E-state index contributed by atoms with van der Waals surface area (Å²) in [6.45, 7) is 0. The topological polar surface area (TPSA) is 37.8 Å². The van der Waals surface area contributed by atoms with Crippen LogP contribution >= 0.6 is 23.4 Å². The van der Waals surface area contributed by atoms with Crippen LogP contribution in [0.5, 0.6) is 0 Å². The second-order valence-electron chi connectivity index (χ2n) is 3.93. The molecule has 1 saturated heterocycles. The van der Waals surface area contributed by atoms with Crippen LogP contribution in [0.15, 0.2) is 6.07 Å². The van der Waals surface area contributed by atoms with Crippen molar-refractivity contribution >= 4 is 29.2 Å². The maximum Gasteiger partial charge on any atom is 0.451 e. The first kappa shape index (κ1) is 13.7. The highest BCUT2D eigenvalue weighted by atomic mass is 35.5. The molecule has 0 unspecified atom stereocenters. The molecule has 2 rings (SSSR count). The first-order valence-corrected chi connectivity index (χ1v) is 6.94. The molecule has 0 saturated carbocycles. The van der Waals surface area contributed by atoms with Gasteiger partial charge in [0, 0.05) is 12.1 Å². The number of aromatic nitrogens is 2. The summed E-state index contributed by atoms with van der Waals surface area (Å²) in [4.78, 5) is 6.64. The second-order valence-corrected chi connectivity index (χ2v) is 5.54. The maximum absolute atomic E-state index is 12.5. The largest absolute Gasteiger partial charge is 0.451 e. The summed E-state index contributed by atoms with van der Waals surface area (Å²) < 4.78 is 37.5. The van der Waals surface area contributed by atoms with Gasteiger partial charge in [0.1, 0.15) is 11.0 Å². The van der Waals surface area contributed by atoms with Gasteiger partial charge in [0.25, 0.3) is 0 Å². The fourth-order valence-corrected chi connectivity index (χ4v) is 2.96. The fraction of sp³-hybridized carbons (Fsp3) is 0.600. The van der Waals surface area contributed by atoms with Crippen molar-refractivity contribution in [3.8, 4) is 0 Å². The molecular formula is C10H11ClF3N3S. The number of alkyl halides is 3. The van der Waals surface area contributed by atoms with Gasteiger partial charge in [0.05, 0.1) is 0 Å². The van der Waals surface area contributed by atoms with Gasteiger partial charge in [-0.1, -0.05) is 11.6 Å². The molecule has 0 radical (unpaired) electrons. The van der Waals surface area contributed by atoms with Crippen LogP contribution in [-0.2, 0) is 6.18 Å². The predicted octanol–water partition coefficient (Wildman–Crippen LogP) is 3.46. The number of nitrogens with one attached hydrogen (secondary N) is 1. The number of nitrogens with zero attached hydrogens (tertiary/aromatic N) is 2. The molecule has 1 N–H and O–H groups in total. The van der Waals surface area contributed by atoms with E-state index in [-0.39, 0.29) is 17.0 Å². The highest BCUT2D eigenvalue weighted by Crippen LogP contribution is 2.29. The van der Waals surface area contributed by atoms with Crippen molar-refractivity contribution in [1.82, 2.24) is 9.97 Å². The van der Waals surface area contributed by atoms with Crippen LogP contribution in [0.3, 0.4) is 0 Å². The maximum atomic E-state index is 12.5. The molecule has 0 atom stereocenters. The van der Waals surface area contributed by atoms with Gasteiger partial charge >= 0.3 is 6.18 Å². The van der Waals surface area contributed by atoms with Gasteiger partial charge in [-0.25, -0.2) is 9.97 Å². The molecule has 0 amide bonds. The zero-order valence-corrected chi connectivity index (χ0v) is 10.9. The Balaban J connectivity index is 2.14. The van der Waals surface area contributed by atoms with E-state index >= 15 is 0 Å².